The summed E-state index contributed by atoms with van der Waals surface area (Å²) in [5, 5.41) is 5.70. The molecule has 4 aromatic rings. The maximum Gasteiger partial charge on any atom is 0.257 e. The number of hydrogen-bond donors (Lipinski definition) is 0. The molecule has 0 saturated carbocycles. The van der Waals surface area contributed by atoms with Gasteiger partial charge in [-0.1, -0.05) is 40.7 Å². The van der Waals surface area contributed by atoms with Gasteiger partial charge in [-0.05, 0) is 43.3 Å². The highest BCUT2D eigenvalue weighted by molar-refractivity contribution is 7.98. The molecule has 0 atom stereocenters. The van der Waals surface area contributed by atoms with E-state index in [4.69, 9.17) is 21.1 Å². The third kappa shape index (κ3) is 3.27. The number of nitrogens with zero attached hydrogens (tertiary/aromatic N) is 4. The topological polar surface area (TPSA) is 56.7 Å². The maximum absolute atomic E-state index is 5.90. The minimum Gasteiger partial charge on any atom is -0.334 e. The lowest BCUT2D eigenvalue weighted by Crippen LogP contribution is -1.96. The Hall–Kier alpha value is -2.31. The number of fused-ring (bicyclic) bond motifs is 1. The second-order valence-electron chi connectivity index (χ2n) is 5.44. The first-order valence-electron chi connectivity index (χ1n) is 7.91. The highest BCUT2D eigenvalue weighted by Crippen LogP contribution is 2.27. The molecule has 2 aromatic carbocycles. The Morgan fingerprint density at radius 3 is 2.68 bits per heavy atom. The summed E-state index contributed by atoms with van der Waals surface area (Å²) < 4.78 is 7.54. The molecule has 0 aliphatic carbocycles. The molecule has 0 N–H and O–H groups in total. The van der Waals surface area contributed by atoms with Crippen molar-refractivity contribution in [2.75, 3.05) is 0 Å². The Labute approximate surface area is 154 Å². The molecular weight excluding hydrogens is 356 g/mol. The summed E-state index contributed by atoms with van der Waals surface area (Å²) in [6.07, 6.45) is 0. The van der Waals surface area contributed by atoms with Crippen LogP contribution in [0.2, 0.25) is 5.02 Å². The van der Waals surface area contributed by atoms with E-state index in [9.17, 15) is 0 Å². The van der Waals surface area contributed by atoms with Gasteiger partial charge in [0.15, 0.2) is 11.0 Å². The predicted octanol–water partition coefficient (Wildman–Crippen LogP) is 5.05. The van der Waals surface area contributed by atoms with Crippen LogP contribution < -0.4 is 0 Å². The number of aryl methyl sites for hydroxylation is 1. The van der Waals surface area contributed by atoms with E-state index < -0.39 is 0 Å². The van der Waals surface area contributed by atoms with E-state index >= 15 is 0 Å². The highest BCUT2D eigenvalue weighted by atomic mass is 35.5. The van der Waals surface area contributed by atoms with Crippen LogP contribution in [0.4, 0.5) is 0 Å². The van der Waals surface area contributed by atoms with E-state index in [1.807, 2.05) is 30.3 Å². The molecule has 2 aromatic heterocycles. The van der Waals surface area contributed by atoms with Crippen molar-refractivity contribution in [2.45, 2.75) is 24.4 Å². The van der Waals surface area contributed by atoms with E-state index in [1.165, 1.54) is 0 Å². The molecule has 0 bridgehead atoms. The molecule has 126 valence electrons. The Morgan fingerprint density at radius 1 is 1.08 bits per heavy atom. The van der Waals surface area contributed by atoms with Crippen LogP contribution in [0.25, 0.3) is 22.5 Å². The second-order valence-corrected chi connectivity index (χ2v) is 6.82. The average molecular weight is 371 g/mol. The lowest BCUT2D eigenvalue weighted by molar-refractivity contribution is 0.425. The van der Waals surface area contributed by atoms with Crippen molar-refractivity contribution in [1.82, 2.24) is 19.7 Å². The standard InChI is InChI=1S/C18H15ClN4OS/c1-2-23-15-6-4-3-5-14(15)20-18(23)25-11-16-21-17(24-22-16)12-7-9-13(19)10-8-12/h3-10H,2,11H2,1H3. The van der Waals surface area contributed by atoms with Gasteiger partial charge in [-0.2, -0.15) is 4.98 Å². The van der Waals surface area contributed by atoms with Crippen LogP contribution in [0.5, 0.6) is 0 Å². The Kier molecular flexibility index (Phi) is 4.46. The normalized spacial score (nSPS) is 11.3. The van der Waals surface area contributed by atoms with Gasteiger partial charge < -0.3 is 9.09 Å². The van der Waals surface area contributed by atoms with Crippen molar-refractivity contribution in [3.8, 4) is 11.5 Å². The first-order valence-corrected chi connectivity index (χ1v) is 9.27. The van der Waals surface area contributed by atoms with E-state index in [-0.39, 0.29) is 0 Å². The van der Waals surface area contributed by atoms with Gasteiger partial charge in [0, 0.05) is 17.1 Å². The summed E-state index contributed by atoms with van der Waals surface area (Å²) >= 11 is 7.51. The van der Waals surface area contributed by atoms with Crippen LogP contribution in [0, 0.1) is 0 Å². The van der Waals surface area contributed by atoms with Crippen molar-refractivity contribution in [2.24, 2.45) is 0 Å². The number of rotatable bonds is 5. The van der Waals surface area contributed by atoms with Gasteiger partial charge in [-0.3, -0.25) is 0 Å². The number of imidazole rings is 1. The molecular formula is C18H15ClN4OS. The van der Waals surface area contributed by atoms with E-state index in [0.717, 1.165) is 28.3 Å². The van der Waals surface area contributed by atoms with Crippen LogP contribution in [-0.2, 0) is 12.3 Å². The number of benzene rings is 2. The molecule has 2 heterocycles. The fourth-order valence-corrected chi connectivity index (χ4v) is 3.67. The Bertz CT molecular complexity index is 1010. The number of halogens is 1. The van der Waals surface area contributed by atoms with Gasteiger partial charge in [0.05, 0.1) is 16.8 Å². The first-order chi connectivity index (χ1) is 12.2. The minimum atomic E-state index is 0.497. The zero-order valence-corrected chi connectivity index (χ0v) is 15.1. The number of hydrogen-bond acceptors (Lipinski definition) is 5. The van der Waals surface area contributed by atoms with Gasteiger partial charge in [0.25, 0.3) is 5.89 Å². The fraction of sp³-hybridized carbons (Fsp3) is 0.167. The molecule has 7 heteroatoms. The molecule has 0 aliphatic heterocycles. The summed E-state index contributed by atoms with van der Waals surface area (Å²) in [4.78, 5) is 9.15. The van der Waals surface area contributed by atoms with E-state index in [0.29, 0.717) is 22.5 Å². The van der Waals surface area contributed by atoms with Gasteiger partial charge in [-0.15, -0.1) is 0 Å². The number of thioether (sulfide) groups is 1. The molecule has 0 unspecified atom stereocenters. The molecule has 4 rings (SSSR count). The van der Waals surface area contributed by atoms with Gasteiger partial charge in [-0.25, -0.2) is 4.98 Å². The summed E-state index contributed by atoms with van der Waals surface area (Å²) in [5.41, 5.74) is 3.00. The molecule has 5 nitrogen and oxygen atoms in total. The zero-order valence-electron chi connectivity index (χ0n) is 13.5. The van der Waals surface area contributed by atoms with E-state index in [1.54, 1.807) is 23.9 Å². The molecule has 25 heavy (non-hydrogen) atoms. The predicted molar refractivity (Wildman–Crippen MR) is 99.7 cm³/mol. The van der Waals surface area contributed by atoms with Crippen LogP contribution in [0.3, 0.4) is 0 Å². The Morgan fingerprint density at radius 2 is 1.88 bits per heavy atom. The fourth-order valence-electron chi connectivity index (χ4n) is 2.62. The van der Waals surface area contributed by atoms with Crippen molar-refractivity contribution < 1.29 is 4.52 Å². The van der Waals surface area contributed by atoms with Gasteiger partial charge in [0.2, 0.25) is 0 Å². The smallest absolute Gasteiger partial charge is 0.257 e. The maximum atomic E-state index is 5.90. The molecule has 0 aliphatic rings. The SMILES string of the molecule is CCn1c(SCc2noc(-c3ccc(Cl)cc3)n2)nc2ccccc21. The summed E-state index contributed by atoms with van der Waals surface area (Å²) in [7, 11) is 0. The monoisotopic (exact) mass is 370 g/mol. The van der Waals surface area contributed by atoms with Crippen LogP contribution in [0.15, 0.2) is 58.2 Å². The van der Waals surface area contributed by atoms with Crippen LogP contribution >= 0.6 is 23.4 Å². The second kappa shape index (κ2) is 6.90. The summed E-state index contributed by atoms with van der Waals surface area (Å²) in [6, 6.07) is 15.5. The molecule has 0 saturated heterocycles. The van der Waals surface area contributed by atoms with Crippen molar-refractivity contribution in [1.29, 1.82) is 0 Å². The summed E-state index contributed by atoms with van der Waals surface area (Å²) in [5.74, 6) is 1.74. The van der Waals surface area contributed by atoms with Crippen molar-refractivity contribution in [3.63, 3.8) is 0 Å². The van der Waals surface area contributed by atoms with E-state index in [2.05, 4.69) is 27.7 Å². The quantitative estimate of drug-likeness (QED) is 0.460. The van der Waals surface area contributed by atoms with Gasteiger partial charge in [0.1, 0.15) is 0 Å². The van der Waals surface area contributed by atoms with Crippen molar-refractivity contribution >= 4 is 34.4 Å². The largest absolute Gasteiger partial charge is 0.334 e. The molecule has 0 fully saturated rings. The average Bonchev–Trinajstić information content (AvgIpc) is 3.24. The minimum absolute atomic E-state index is 0.497. The van der Waals surface area contributed by atoms with Crippen LogP contribution in [0.1, 0.15) is 12.7 Å². The zero-order chi connectivity index (χ0) is 17.2. The van der Waals surface area contributed by atoms with Gasteiger partial charge >= 0.3 is 0 Å². The molecule has 0 amide bonds. The molecule has 0 spiro atoms. The molecule has 0 radical (unpaired) electrons. The third-order valence-electron chi connectivity index (χ3n) is 3.83. The summed E-state index contributed by atoms with van der Waals surface area (Å²) in [6.45, 7) is 2.98. The van der Waals surface area contributed by atoms with Crippen LogP contribution in [-0.4, -0.2) is 19.7 Å². The lowest BCUT2D eigenvalue weighted by atomic mass is 10.2. The lowest BCUT2D eigenvalue weighted by Gasteiger charge is -2.03. The van der Waals surface area contributed by atoms with Crippen molar-refractivity contribution in [3.05, 3.63) is 59.4 Å². The third-order valence-corrected chi connectivity index (χ3v) is 5.05. The first kappa shape index (κ1) is 16.2. The Balaban J connectivity index is 1.53. The number of para-hydroxylation sites is 2. The highest BCUT2D eigenvalue weighted by Gasteiger charge is 2.13. The number of aromatic nitrogens is 4.